The third kappa shape index (κ3) is 3.78. The molecular weight excluding hydrogens is 294 g/mol. The van der Waals surface area contributed by atoms with E-state index in [4.69, 9.17) is 11.6 Å². The minimum atomic E-state index is -2.88. The van der Waals surface area contributed by atoms with Gasteiger partial charge in [-0.2, -0.15) is 8.78 Å². The summed E-state index contributed by atoms with van der Waals surface area (Å²) in [6, 6.07) is 4.59. The number of aromatic nitrogens is 1. The highest BCUT2D eigenvalue weighted by Gasteiger charge is 2.11. The average molecular weight is 305 g/mol. The average Bonchev–Trinajstić information content (AvgIpc) is 2.86. The lowest BCUT2D eigenvalue weighted by Gasteiger charge is -2.14. The maximum atomic E-state index is 12.1. The molecule has 7 heteroatoms. The molecule has 0 spiro atoms. The predicted molar refractivity (Wildman–Crippen MR) is 72.2 cm³/mol. The normalized spacial score (nSPS) is 12.5. The summed E-state index contributed by atoms with van der Waals surface area (Å²) in [5.74, 6) is -0.0384. The molecule has 0 amide bonds. The largest absolute Gasteiger partial charge is 0.433 e. The first-order valence-electron chi connectivity index (χ1n) is 5.45. The minimum absolute atomic E-state index is 0.00387. The lowest BCUT2D eigenvalue weighted by molar-refractivity contribution is -0.0497. The van der Waals surface area contributed by atoms with Crippen molar-refractivity contribution in [1.29, 1.82) is 0 Å². The number of hydrogen-bond acceptors (Lipinski definition) is 4. The molecule has 0 radical (unpaired) electrons. The molecular formula is C12H11ClF2N2OS. The molecule has 1 heterocycles. The molecule has 0 aliphatic rings. The van der Waals surface area contributed by atoms with Crippen LogP contribution in [0, 0.1) is 0 Å². The van der Waals surface area contributed by atoms with E-state index >= 15 is 0 Å². The Kier molecular flexibility index (Phi) is 4.55. The van der Waals surface area contributed by atoms with Crippen molar-refractivity contribution in [1.82, 2.24) is 4.98 Å². The molecule has 0 saturated carbocycles. The molecule has 0 saturated heterocycles. The van der Waals surface area contributed by atoms with E-state index in [1.165, 1.54) is 17.4 Å². The van der Waals surface area contributed by atoms with Crippen LogP contribution in [0.1, 0.15) is 18.7 Å². The number of ether oxygens (including phenoxy) is 1. The Morgan fingerprint density at radius 1 is 1.42 bits per heavy atom. The van der Waals surface area contributed by atoms with Crippen molar-refractivity contribution in [2.45, 2.75) is 19.6 Å². The molecule has 0 aliphatic heterocycles. The Morgan fingerprint density at radius 2 is 2.21 bits per heavy atom. The molecule has 2 rings (SSSR count). The van der Waals surface area contributed by atoms with Gasteiger partial charge < -0.3 is 10.1 Å². The summed E-state index contributed by atoms with van der Waals surface area (Å²) in [6.45, 7) is -0.933. The first-order chi connectivity index (χ1) is 9.06. The van der Waals surface area contributed by atoms with Crippen molar-refractivity contribution >= 4 is 28.6 Å². The number of thiazole rings is 1. The number of halogens is 3. The first kappa shape index (κ1) is 14.0. The Morgan fingerprint density at radius 3 is 2.79 bits per heavy atom. The fourth-order valence-electron chi connectivity index (χ4n) is 1.54. The van der Waals surface area contributed by atoms with Crippen LogP contribution in [-0.4, -0.2) is 11.6 Å². The number of nitrogens with one attached hydrogen (secondary N) is 1. The molecule has 0 fully saturated rings. The zero-order valence-corrected chi connectivity index (χ0v) is 11.5. The van der Waals surface area contributed by atoms with Gasteiger partial charge in [-0.25, -0.2) is 4.98 Å². The van der Waals surface area contributed by atoms with Gasteiger partial charge in [-0.1, -0.05) is 11.6 Å². The van der Waals surface area contributed by atoms with Crippen molar-refractivity contribution in [3.63, 3.8) is 0 Å². The lowest BCUT2D eigenvalue weighted by Crippen LogP contribution is -2.07. The van der Waals surface area contributed by atoms with E-state index in [9.17, 15) is 8.78 Å². The number of rotatable bonds is 5. The second-order valence-electron chi connectivity index (χ2n) is 3.80. The molecule has 1 atom stereocenters. The van der Waals surface area contributed by atoms with Crippen LogP contribution in [-0.2, 0) is 0 Å². The van der Waals surface area contributed by atoms with Crippen molar-refractivity contribution in [2.24, 2.45) is 0 Å². The quantitative estimate of drug-likeness (QED) is 0.878. The third-order valence-corrected chi connectivity index (χ3v) is 3.33. The molecule has 102 valence electrons. The Hall–Kier alpha value is -1.40. The summed E-state index contributed by atoms with van der Waals surface area (Å²) in [6.07, 6.45) is 0. The van der Waals surface area contributed by atoms with Gasteiger partial charge in [0.25, 0.3) is 0 Å². The summed E-state index contributed by atoms with van der Waals surface area (Å²) >= 11 is 7.38. The number of nitrogens with zero attached hydrogens (tertiary/aromatic N) is 1. The number of hydrogen-bond donors (Lipinski definition) is 1. The van der Waals surface area contributed by atoms with Gasteiger partial charge in [0.05, 0.1) is 22.3 Å². The SMILES string of the molecule is CC(Nc1ccc(OC(F)F)c(Cl)c1)c1cscn1. The fourth-order valence-corrected chi connectivity index (χ4v) is 2.41. The van der Waals surface area contributed by atoms with E-state index in [-0.39, 0.29) is 16.8 Å². The van der Waals surface area contributed by atoms with Crippen molar-refractivity contribution in [3.05, 3.63) is 39.8 Å². The summed E-state index contributed by atoms with van der Waals surface area (Å²) < 4.78 is 28.5. The number of alkyl halides is 2. The minimum Gasteiger partial charge on any atom is -0.433 e. The second kappa shape index (κ2) is 6.16. The van der Waals surface area contributed by atoms with Crippen LogP contribution in [0.2, 0.25) is 5.02 Å². The zero-order valence-electron chi connectivity index (χ0n) is 9.94. The van der Waals surface area contributed by atoms with Crippen LogP contribution in [0.3, 0.4) is 0 Å². The highest BCUT2D eigenvalue weighted by atomic mass is 35.5. The first-order valence-corrected chi connectivity index (χ1v) is 6.77. The fraction of sp³-hybridized carbons (Fsp3) is 0.250. The number of benzene rings is 1. The summed E-state index contributed by atoms with van der Waals surface area (Å²) in [5, 5.41) is 5.26. The summed E-state index contributed by atoms with van der Waals surface area (Å²) in [4.78, 5) is 4.19. The van der Waals surface area contributed by atoms with Gasteiger partial charge in [0, 0.05) is 11.1 Å². The van der Waals surface area contributed by atoms with Crippen LogP contribution in [0.15, 0.2) is 29.1 Å². The lowest BCUT2D eigenvalue weighted by atomic mass is 10.2. The summed E-state index contributed by atoms with van der Waals surface area (Å²) in [5.41, 5.74) is 3.38. The van der Waals surface area contributed by atoms with Gasteiger partial charge in [0.1, 0.15) is 5.75 Å². The predicted octanol–water partition coefficient (Wildman–Crippen LogP) is 4.57. The van der Waals surface area contributed by atoms with Gasteiger partial charge in [-0.15, -0.1) is 11.3 Å². The van der Waals surface area contributed by atoms with E-state index in [1.807, 2.05) is 12.3 Å². The highest BCUT2D eigenvalue weighted by Crippen LogP contribution is 2.30. The van der Waals surface area contributed by atoms with Crippen LogP contribution in [0.5, 0.6) is 5.75 Å². The van der Waals surface area contributed by atoms with Gasteiger partial charge in [0.15, 0.2) is 0 Å². The van der Waals surface area contributed by atoms with Crippen LogP contribution < -0.4 is 10.1 Å². The van der Waals surface area contributed by atoms with Gasteiger partial charge in [-0.3, -0.25) is 0 Å². The molecule has 3 nitrogen and oxygen atoms in total. The Bertz CT molecular complexity index is 537. The van der Waals surface area contributed by atoms with Crippen molar-refractivity contribution in [3.8, 4) is 5.75 Å². The Labute approximate surface area is 118 Å². The third-order valence-electron chi connectivity index (χ3n) is 2.43. The van der Waals surface area contributed by atoms with Gasteiger partial charge >= 0.3 is 6.61 Å². The molecule has 2 aromatic rings. The van der Waals surface area contributed by atoms with Crippen molar-refractivity contribution < 1.29 is 13.5 Å². The van der Waals surface area contributed by atoms with E-state index in [0.717, 1.165) is 5.69 Å². The molecule has 0 bridgehead atoms. The zero-order chi connectivity index (χ0) is 13.8. The van der Waals surface area contributed by atoms with Crippen LogP contribution in [0.25, 0.3) is 0 Å². The monoisotopic (exact) mass is 304 g/mol. The van der Waals surface area contributed by atoms with Gasteiger partial charge in [-0.05, 0) is 25.1 Å². The van der Waals surface area contributed by atoms with E-state index in [2.05, 4.69) is 15.0 Å². The van der Waals surface area contributed by atoms with E-state index in [1.54, 1.807) is 17.6 Å². The standard InChI is InChI=1S/C12H11ClF2N2OS/c1-7(10-5-19-6-16-10)17-8-2-3-11(9(13)4-8)18-12(14)15/h2-7,12,17H,1H3. The maximum absolute atomic E-state index is 12.1. The van der Waals surface area contributed by atoms with Crippen molar-refractivity contribution in [2.75, 3.05) is 5.32 Å². The molecule has 19 heavy (non-hydrogen) atoms. The smallest absolute Gasteiger partial charge is 0.387 e. The van der Waals surface area contributed by atoms with E-state index in [0.29, 0.717) is 5.69 Å². The second-order valence-corrected chi connectivity index (χ2v) is 4.93. The molecule has 1 unspecified atom stereocenters. The maximum Gasteiger partial charge on any atom is 0.387 e. The molecule has 1 aromatic carbocycles. The molecule has 0 aliphatic carbocycles. The van der Waals surface area contributed by atoms with E-state index < -0.39 is 6.61 Å². The Balaban J connectivity index is 2.07. The number of anilines is 1. The molecule has 1 aromatic heterocycles. The van der Waals surface area contributed by atoms with Crippen LogP contribution in [0.4, 0.5) is 14.5 Å². The molecule has 1 N–H and O–H groups in total. The highest BCUT2D eigenvalue weighted by molar-refractivity contribution is 7.07. The topological polar surface area (TPSA) is 34.1 Å². The van der Waals surface area contributed by atoms with Gasteiger partial charge in [0.2, 0.25) is 0 Å². The summed E-state index contributed by atoms with van der Waals surface area (Å²) in [7, 11) is 0. The van der Waals surface area contributed by atoms with Crippen LogP contribution >= 0.6 is 22.9 Å².